The van der Waals surface area contributed by atoms with E-state index in [0.717, 1.165) is 40.7 Å². The summed E-state index contributed by atoms with van der Waals surface area (Å²) in [5.74, 6) is 3.04. The topological polar surface area (TPSA) is 64.1 Å². The maximum absolute atomic E-state index is 5.36. The summed E-state index contributed by atoms with van der Waals surface area (Å²) >= 11 is 0. The van der Waals surface area contributed by atoms with E-state index in [-0.39, 0.29) is 24.0 Å². The van der Waals surface area contributed by atoms with Gasteiger partial charge in [-0.15, -0.1) is 24.0 Å². The minimum absolute atomic E-state index is 0. The second kappa shape index (κ2) is 12.3. The molecular weight excluding hydrogens is 469 g/mol. The molecule has 0 fully saturated rings. The Labute approximate surface area is 184 Å². The van der Waals surface area contributed by atoms with Crippen molar-refractivity contribution in [2.45, 2.75) is 26.9 Å². The van der Waals surface area contributed by atoms with E-state index in [4.69, 9.17) is 14.2 Å². The van der Waals surface area contributed by atoms with Gasteiger partial charge in [-0.25, -0.2) is 4.99 Å². The first-order valence-corrected chi connectivity index (χ1v) is 8.97. The fourth-order valence-corrected chi connectivity index (χ4v) is 2.72. The van der Waals surface area contributed by atoms with Gasteiger partial charge in [0.15, 0.2) is 17.5 Å². The first-order chi connectivity index (χ1) is 13.1. The standard InChI is InChI=1S/C21H29N3O3.HI/c1-6-22-21(24-14-17-9-15(2)10-18(11-17)25-3)23-13-16-7-8-19(26-4)20(12-16)27-5;/h7-12H,6,13-14H2,1-5H3,(H2,22,23,24);1H. The number of methoxy groups -OCH3 is 3. The highest BCUT2D eigenvalue weighted by atomic mass is 127. The zero-order chi connectivity index (χ0) is 19.6. The Morgan fingerprint density at radius 2 is 1.64 bits per heavy atom. The van der Waals surface area contributed by atoms with Gasteiger partial charge < -0.3 is 24.8 Å². The molecule has 0 aliphatic carbocycles. The lowest BCUT2D eigenvalue weighted by atomic mass is 10.1. The number of aliphatic imine (C=N–C) groups is 1. The zero-order valence-corrected chi connectivity index (χ0v) is 19.5. The molecule has 0 unspecified atom stereocenters. The Balaban J connectivity index is 0.00000392. The number of hydrogen-bond donors (Lipinski definition) is 2. The van der Waals surface area contributed by atoms with Crippen molar-refractivity contribution >= 4 is 29.9 Å². The lowest BCUT2D eigenvalue weighted by Gasteiger charge is -2.13. The highest BCUT2D eigenvalue weighted by Gasteiger charge is 2.06. The summed E-state index contributed by atoms with van der Waals surface area (Å²) < 4.78 is 16.0. The summed E-state index contributed by atoms with van der Waals surface area (Å²) in [6, 6.07) is 12.0. The molecule has 0 aromatic heterocycles. The van der Waals surface area contributed by atoms with Crippen LogP contribution in [0.5, 0.6) is 17.2 Å². The molecule has 0 saturated carbocycles. The molecule has 2 N–H and O–H groups in total. The van der Waals surface area contributed by atoms with Gasteiger partial charge in [-0.2, -0.15) is 0 Å². The van der Waals surface area contributed by atoms with Gasteiger partial charge in [0.2, 0.25) is 0 Å². The van der Waals surface area contributed by atoms with Crippen molar-refractivity contribution in [3.05, 3.63) is 53.1 Å². The third-order valence-electron chi connectivity index (χ3n) is 4.02. The van der Waals surface area contributed by atoms with Crippen LogP contribution in [-0.4, -0.2) is 33.8 Å². The largest absolute Gasteiger partial charge is 0.497 e. The van der Waals surface area contributed by atoms with Crippen LogP contribution in [0.3, 0.4) is 0 Å². The van der Waals surface area contributed by atoms with Gasteiger partial charge in [0.1, 0.15) is 5.75 Å². The van der Waals surface area contributed by atoms with Crippen LogP contribution < -0.4 is 24.8 Å². The van der Waals surface area contributed by atoms with E-state index < -0.39 is 0 Å². The maximum Gasteiger partial charge on any atom is 0.191 e. The van der Waals surface area contributed by atoms with Gasteiger partial charge in [-0.3, -0.25) is 0 Å². The lowest BCUT2D eigenvalue weighted by Crippen LogP contribution is -2.36. The summed E-state index contributed by atoms with van der Waals surface area (Å²) in [6.45, 7) is 6.08. The van der Waals surface area contributed by atoms with Crippen molar-refractivity contribution < 1.29 is 14.2 Å². The molecular formula is C21H30IN3O3. The predicted molar refractivity (Wildman–Crippen MR) is 124 cm³/mol. The second-order valence-corrected chi connectivity index (χ2v) is 6.10. The summed E-state index contributed by atoms with van der Waals surface area (Å²) in [5, 5.41) is 6.62. The van der Waals surface area contributed by atoms with Crippen molar-refractivity contribution in [1.29, 1.82) is 0 Å². The van der Waals surface area contributed by atoms with Gasteiger partial charge >= 0.3 is 0 Å². The summed E-state index contributed by atoms with van der Waals surface area (Å²) in [7, 11) is 4.94. The third-order valence-corrected chi connectivity index (χ3v) is 4.02. The summed E-state index contributed by atoms with van der Waals surface area (Å²) in [5.41, 5.74) is 3.34. The molecule has 0 heterocycles. The number of nitrogens with one attached hydrogen (secondary N) is 2. The molecule has 2 aromatic carbocycles. The van der Waals surface area contributed by atoms with Crippen LogP contribution in [0.4, 0.5) is 0 Å². The number of hydrogen-bond acceptors (Lipinski definition) is 4. The van der Waals surface area contributed by atoms with E-state index in [1.807, 2.05) is 37.3 Å². The first kappa shape index (κ1) is 23.9. The normalized spacial score (nSPS) is 10.7. The van der Waals surface area contributed by atoms with Crippen molar-refractivity contribution in [2.24, 2.45) is 4.99 Å². The number of aryl methyl sites for hydroxylation is 1. The quantitative estimate of drug-likeness (QED) is 0.328. The number of guanidine groups is 1. The molecule has 7 heteroatoms. The van der Waals surface area contributed by atoms with E-state index >= 15 is 0 Å². The molecule has 0 spiro atoms. The van der Waals surface area contributed by atoms with Crippen molar-refractivity contribution in [3.63, 3.8) is 0 Å². The van der Waals surface area contributed by atoms with Gasteiger partial charge in [0.25, 0.3) is 0 Å². The van der Waals surface area contributed by atoms with Gasteiger partial charge in [-0.05, 0) is 54.8 Å². The zero-order valence-electron chi connectivity index (χ0n) is 17.2. The van der Waals surface area contributed by atoms with Crippen LogP contribution in [-0.2, 0) is 13.1 Å². The fraction of sp³-hybridized carbons (Fsp3) is 0.381. The highest BCUT2D eigenvalue weighted by molar-refractivity contribution is 14.0. The van der Waals surface area contributed by atoms with Gasteiger partial charge in [0.05, 0.1) is 27.9 Å². The van der Waals surface area contributed by atoms with Crippen molar-refractivity contribution in [1.82, 2.24) is 10.6 Å². The Bertz CT molecular complexity index is 781. The van der Waals surface area contributed by atoms with E-state index in [2.05, 4.69) is 28.6 Å². The van der Waals surface area contributed by atoms with Crippen LogP contribution in [0.15, 0.2) is 41.4 Å². The Hall–Kier alpha value is -2.16. The first-order valence-electron chi connectivity index (χ1n) is 8.97. The average Bonchev–Trinajstić information content (AvgIpc) is 2.69. The Morgan fingerprint density at radius 3 is 2.29 bits per heavy atom. The molecule has 0 aliphatic rings. The third kappa shape index (κ3) is 7.10. The minimum atomic E-state index is 0. The number of halogens is 1. The predicted octanol–water partition coefficient (Wildman–Crippen LogP) is 3.89. The number of ether oxygens (including phenoxy) is 3. The molecule has 2 rings (SSSR count). The number of rotatable bonds is 8. The highest BCUT2D eigenvalue weighted by Crippen LogP contribution is 2.27. The lowest BCUT2D eigenvalue weighted by molar-refractivity contribution is 0.354. The molecule has 154 valence electrons. The SMILES string of the molecule is CCNC(=NCc1cc(C)cc(OC)c1)NCc1ccc(OC)c(OC)c1.I. The summed E-state index contributed by atoms with van der Waals surface area (Å²) in [6.07, 6.45) is 0. The van der Waals surface area contributed by atoms with Crippen LogP contribution in [0.2, 0.25) is 0 Å². The van der Waals surface area contributed by atoms with E-state index in [1.165, 1.54) is 0 Å². The Kier molecular flexibility index (Phi) is 10.5. The molecule has 0 bridgehead atoms. The van der Waals surface area contributed by atoms with Crippen molar-refractivity contribution in [2.75, 3.05) is 27.9 Å². The van der Waals surface area contributed by atoms with Crippen LogP contribution in [0, 0.1) is 6.92 Å². The number of nitrogens with zero attached hydrogens (tertiary/aromatic N) is 1. The fourth-order valence-electron chi connectivity index (χ4n) is 2.72. The van der Waals surface area contributed by atoms with Crippen molar-refractivity contribution in [3.8, 4) is 17.2 Å². The summed E-state index contributed by atoms with van der Waals surface area (Å²) in [4.78, 5) is 4.67. The molecule has 28 heavy (non-hydrogen) atoms. The van der Waals surface area contributed by atoms with E-state index in [0.29, 0.717) is 18.8 Å². The smallest absolute Gasteiger partial charge is 0.191 e. The van der Waals surface area contributed by atoms with E-state index in [9.17, 15) is 0 Å². The maximum atomic E-state index is 5.36. The molecule has 0 atom stereocenters. The second-order valence-electron chi connectivity index (χ2n) is 6.10. The molecule has 0 amide bonds. The number of benzene rings is 2. The molecule has 2 aromatic rings. The average molecular weight is 499 g/mol. The van der Waals surface area contributed by atoms with Crippen LogP contribution in [0.25, 0.3) is 0 Å². The molecule has 6 nitrogen and oxygen atoms in total. The van der Waals surface area contributed by atoms with E-state index in [1.54, 1.807) is 21.3 Å². The molecule has 0 aliphatic heterocycles. The Morgan fingerprint density at radius 1 is 0.893 bits per heavy atom. The molecule has 0 radical (unpaired) electrons. The minimum Gasteiger partial charge on any atom is -0.497 e. The van der Waals surface area contributed by atoms with Crippen LogP contribution >= 0.6 is 24.0 Å². The molecule has 0 saturated heterocycles. The monoisotopic (exact) mass is 499 g/mol. The van der Waals surface area contributed by atoms with Crippen LogP contribution in [0.1, 0.15) is 23.6 Å². The van der Waals surface area contributed by atoms with Gasteiger partial charge in [0, 0.05) is 13.1 Å². The van der Waals surface area contributed by atoms with Gasteiger partial charge in [-0.1, -0.05) is 12.1 Å².